The van der Waals surface area contributed by atoms with Crippen molar-refractivity contribution in [3.63, 3.8) is 0 Å². The van der Waals surface area contributed by atoms with E-state index in [-0.39, 0.29) is 6.29 Å². The lowest BCUT2D eigenvalue weighted by molar-refractivity contribution is -0.0914. The minimum Gasteiger partial charge on any atom is -0.365 e. The molecule has 0 amide bonds. The van der Waals surface area contributed by atoms with Crippen molar-refractivity contribution in [1.82, 2.24) is 19.9 Å². The Morgan fingerprint density at radius 2 is 1.48 bits per heavy atom. The van der Waals surface area contributed by atoms with Crippen molar-refractivity contribution in [2.24, 2.45) is 0 Å². The molecule has 0 aromatic carbocycles. The Hall–Kier alpha value is -2.90. The molecule has 0 aliphatic rings. The Balaban J connectivity index is 1.97. The maximum Gasteiger partial charge on any atom is 0.173 e. The molecular weight excluding hydrogens is 318 g/mol. The highest BCUT2D eigenvalue weighted by molar-refractivity contribution is 5.67. The second-order valence-corrected chi connectivity index (χ2v) is 5.22. The molecule has 25 heavy (non-hydrogen) atoms. The fourth-order valence-corrected chi connectivity index (χ4v) is 2.29. The molecule has 0 bridgehead atoms. The highest BCUT2D eigenvalue weighted by atomic mass is 16.7. The summed E-state index contributed by atoms with van der Waals surface area (Å²) in [5.41, 5.74) is 2.66. The molecule has 0 saturated carbocycles. The second kappa shape index (κ2) is 8.27. The van der Waals surface area contributed by atoms with Gasteiger partial charge in [-0.1, -0.05) is 0 Å². The van der Waals surface area contributed by atoms with E-state index in [1.165, 1.54) is 0 Å². The van der Waals surface area contributed by atoms with Crippen LogP contribution in [0.1, 0.15) is 0 Å². The normalized spacial score (nSPS) is 10.8. The SMILES string of the molecule is COC(CNc1cc(-c2ccncc2)nc(-c2ccncc2)n1)OC. The molecule has 0 atom stereocenters. The lowest BCUT2D eigenvalue weighted by Crippen LogP contribution is -2.24. The van der Waals surface area contributed by atoms with Crippen LogP contribution in [-0.2, 0) is 9.47 Å². The van der Waals surface area contributed by atoms with Gasteiger partial charge in [-0.25, -0.2) is 9.97 Å². The van der Waals surface area contributed by atoms with Gasteiger partial charge in [-0.3, -0.25) is 9.97 Å². The minimum atomic E-state index is -0.358. The van der Waals surface area contributed by atoms with Crippen molar-refractivity contribution in [3.05, 3.63) is 55.1 Å². The van der Waals surface area contributed by atoms with Gasteiger partial charge >= 0.3 is 0 Å². The number of methoxy groups -OCH3 is 2. The third-order valence-corrected chi connectivity index (χ3v) is 3.62. The van der Waals surface area contributed by atoms with E-state index in [9.17, 15) is 0 Å². The molecule has 128 valence electrons. The Morgan fingerprint density at radius 1 is 0.880 bits per heavy atom. The summed E-state index contributed by atoms with van der Waals surface area (Å²) >= 11 is 0. The van der Waals surface area contributed by atoms with Gasteiger partial charge in [0.1, 0.15) is 5.82 Å². The first-order chi connectivity index (χ1) is 12.3. The number of nitrogens with zero attached hydrogens (tertiary/aromatic N) is 4. The largest absolute Gasteiger partial charge is 0.365 e. The molecule has 0 aliphatic carbocycles. The lowest BCUT2D eigenvalue weighted by atomic mass is 10.1. The van der Waals surface area contributed by atoms with Gasteiger partial charge in [0.05, 0.1) is 12.2 Å². The number of hydrogen-bond donors (Lipinski definition) is 1. The predicted molar refractivity (Wildman–Crippen MR) is 94.8 cm³/mol. The van der Waals surface area contributed by atoms with Gasteiger partial charge in [0, 0.05) is 56.2 Å². The predicted octanol–water partition coefficient (Wildman–Crippen LogP) is 2.63. The number of anilines is 1. The van der Waals surface area contributed by atoms with Gasteiger partial charge in [0.15, 0.2) is 12.1 Å². The zero-order chi connectivity index (χ0) is 17.5. The Kier molecular flexibility index (Phi) is 5.61. The van der Waals surface area contributed by atoms with E-state index >= 15 is 0 Å². The van der Waals surface area contributed by atoms with Crippen molar-refractivity contribution >= 4 is 5.82 Å². The first-order valence-corrected chi connectivity index (χ1v) is 7.79. The molecule has 3 aromatic rings. The molecule has 3 rings (SSSR count). The minimum absolute atomic E-state index is 0.358. The molecule has 0 aliphatic heterocycles. The highest BCUT2D eigenvalue weighted by Gasteiger charge is 2.10. The molecule has 0 unspecified atom stereocenters. The zero-order valence-electron chi connectivity index (χ0n) is 14.1. The molecule has 1 N–H and O–H groups in total. The fourth-order valence-electron chi connectivity index (χ4n) is 2.29. The summed E-state index contributed by atoms with van der Waals surface area (Å²) in [5, 5.41) is 3.23. The van der Waals surface area contributed by atoms with E-state index in [2.05, 4.69) is 25.3 Å². The molecule has 0 saturated heterocycles. The summed E-state index contributed by atoms with van der Waals surface area (Å²) < 4.78 is 10.4. The number of aromatic nitrogens is 4. The third kappa shape index (κ3) is 4.34. The van der Waals surface area contributed by atoms with Crippen molar-refractivity contribution < 1.29 is 9.47 Å². The Labute approximate surface area is 146 Å². The maximum atomic E-state index is 5.21. The molecule has 7 heteroatoms. The summed E-state index contributed by atoms with van der Waals surface area (Å²) in [6, 6.07) is 9.47. The van der Waals surface area contributed by atoms with Crippen LogP contribution < -0.4 is 5.32 Å². The van der Waals surface area contributed by atoms with Crippen LogP contribution in [0.15, 0.2) is 55.1 Å². The molecular formula is C18H19N5O2. The van der Waals surface area contributed by atoms with Crippen molar-refractivity contribution in [1.29, 1.82) is 0 Å². The average molecular weight is 337 g/mol. The van der Waals surface area contributed by atoms with Crippen LogP contribution in [0.2, 0.25) is 0 Å². The van der Waals surface area contributed by atoms with E-state index in [1.54, 1.807) is 39.0 Å². The van der Waals surface area contributed by atoms with Gasteiger partial charge in [-0.2, -0.15) is 0 Å². The number of nitrogens with one attached hydrogen (secondary N) is 1. The van der Waals surface area contributed by atoms with Crippen molar-refractivity contribution in [2.75, 3.05) is 26.1 Å². The quantitative estimate of drug-likeness (QED) is 0.664. The first-order valence-electron chi connectivity index (χ1n) is 7.79. The molecule has 0 fully saturated rings. The Bertz CT molecular complexity index is 737. The standard InChI is InChI=1S/C18H19N5O2/c1-24-17(25-2)12-21-16-11-15(13-3-7-19-8-4-13)22-18(23-16)14-5-9-20-10-6-14/h3-11,17H,12H2,1-2H3,(H,21,22,23). The van der Waals surface area contributed by atoms with E-state index < -0.39 is 0 Å². The van der Waals surface area contributed by atoms with Crippen LogP contribution in [0.25, 0.3) is 22.6 Å². The smallest absolute Gasteiger partial charge is 0.173 e. The molecule has 0 radical (unpaired) electrons. The number of hydrogen-bond acceptors (Lipinski definition) is 7. The summed E-state index contributed by atoms with van der Waals surface area (Å²) in [6.07, 6.45) is 6.56. The second-order valence-electron chi connectivity index (χ2n) is 5.22. The van der Waals surface area contributed by atoms with Gasteiger partial charge in [-0.15, -0.1) is 0 Å². The molecule has 3 aromatic heterocycles. The van der Waals surface area contributed by atoms with Crippen LogP contribution in [0.5, 0.6) is 0 Å². The van der Waals surface area contributed by atoms with Crippen molar-refractivity contribution in [2.45, 2.75) is 6.29 Å². The summed E-state index contributed by atoms with van der Waals surface area (Å²) in [4.78, 5) is 17.4. The highest BCUT2D eigenvalue weighted by Crippen LogP contribution is 2.23. The summed E-state index contributed by atoms with van der Waals surface area (Å²) in [5.74, 6) is 1.30. The molecule has 0 spiro atoms. The van der Waals surface area contributed by atoms with Crippen LogP contribution >= 0.6 is 0 Å². The molecule has 3 heterocycles. The third-order valence-electron chi connectivity index (χ3n) is 3.62. The monoisotopic (exact) mass is 337 g/mol. The van der Waals surface area contributed by atoms with E-state index in [4.69, 9.17) is 9.47 Å². The van der Waals surface area contributed by atoms with Crippen LogP contribution in [0.3, 0.4) is 0 Å². The van der Waals surface area contributed by atoms with Gasteiger partial charge < -0.3 is 14.8 Å². The number of ether oxygens (including phenoxy) is 2. The van der Waals surface area contributed by atoms with E-state index in [1.807, 2.05) is 30.3 Å². The molecule has 7 nitrogen and oxygen atoms in total. The van der Waals surface area contributed by atoms with Crippen LogP contribution in [0.4, 0.5) is 5.82 Å². The maximum absolute atomic E-state index is 5.21. The van der Waals surface area contributed by atoms with E-state index in [0.717, 1.165) is 16.8 Å². The Morgan fingerprint density at radius 3 is 2.08 bits per heavy atom. The zero-order valence-corrected chi connectivity index (χ0v) is 14.1. The summed E-state index contributed by atoms with van der Waals surface area (Å²) in [7, 11) is 3.20. The first kappa shape index (κ1) is 16.9. The van der Waals surface area contributed by atoms with Crippen molar-refractivity contribution in [3.8, 4) is 22.6 Å². The number of pyridine rings is 2. The van der Waals surface area contributed by atoms with Gasteiger partial charge in [0.2, 0.25) is 0 Å². The fraction of sp³-hybridized carbons (Fsp3) is 0.222. The van der Waals surface area contributed by atoms with E-state index in [0.29, 0.717) is 18.2 Å². The summed E-state index contributed by atoms with van der Waals surface area (Å²) in [6.45, 7) is 0.468. The van der Waals surface area contributed by atoms with Crippen LogP contribution in [0, 0.1) is 0 Å². The average Bonchev–Trinajstić information content (AvgIpc) is 2.70. The number of rotatable bonds is 7. The topological polar surface area (TPSA) is 82.0 Å². The van der Waals surface area contributed by atoms with Crippen LogP contribution in [-0.4, -0.2) is 47.0 Å². The lowest BCUT2D eigenvalue weighted by Gasteiger charge is -2.15. The van der Waals surface area contributed by atoms with Gasteiger partial charge in [-0.05, 0) is 24.3 Å². The van der Waals surface area contributed by atoms with Gasteiger partial charge in [0.25, 0.3) is 0 Å².